The van der Waals surface area contributed by atoms with Gasteiger partial charge < -0.3 is 14.5 Å². The number of nitrogens with one attached hydrogen (secondary N) is 1. The van der Waals surface area contributed by atoms with Crippen LogP contribution in [-0.2, 0) is 0 Å². The number of rotatable bonds is 5. The van der Waals surface area contributed by atoms with Crippen LogP contribution < -0.4 is 10.1 Å². The third-order valence-electron chi connectivity index (χ3n) is 3.31. The highest BCUT2D eigenvalue weighted by Crippen LogP contribution is 2.29. The molecule has 25 heavy (non-hydrogen) atoms. The lowest BCUT2D eigenvalue weighted by molar-refractivity contribution is -0.0498. The van der Waals surface area contributed by atoms with Crippen LogP contribution in [0.15, 0.2) is 65.1 Å². The molecule has 0 fully saturated rings. The summed E-state index contributed by atoms with van der Waals surface area (Å²) in [7, 11) is 0. The predicted molar refractivity (Wildman–Crippen MR) is 90.2 cm³/mol. The molecule has 1 amide bonds. The average molecular weight is 364 g/mol. The van der Waals surface area contributed by atoms with Crippen molar-refractivity contribution in [3.05, 3.63) is 71.4 Å². The molecule has 2 aromatic carbocycles. The van der Waals surface area contributed by atoms with Gasteiger partial charge in [-0.15, -0.1) is 0 Å². The van der Waals surface area contributed by atoms with Crippen LogP contribution in [0.1, 0.15) is 10.6 Å². The quantitative estimate of drug-likeness (QED) is 0.655. The minimum Gasteiger partial charge on any atom is -0.451 e. The Morgan fingerprint density at radius 3 is 2.44 bits per heavy atom. The number of hydrogen-bond acceptors (Lipinski definition) is 3. The van der Waals surface area contributed by atoms with E-state index >= 15 is 0 Å². The number of ether oxygens (including phenoxy) is 1. The van der Waals surface area contributed by atoms with E-state index in [0.29, 0.717) is 22.0 Å². The number of furan rings is 1. The van der Waals surface area contributed by atoms with Gasteiger partial charge in [0.1, 0.15) is 11.5 Å². The second-order valence-electron chi connectivity index (χ2n) is 5.00. The van der Waals surface area contributed by atoms with Gasteiger partial charge in [0.05, 0.1) is 5.02 Å². The molecule has 128 valence electrons. The maximum Gasteiger partial charge on any atom is 0.387 e. The summed E-state index contributed by atoms with van der Waals surface area (Å²) < 4.78 is 34.0. The summed E-state index contributed by atoms with van der Waals surface area (Å²) in [6, 6.07) is 15.9. The molecule has 3 rings (SSSR count). The first-order valence-corrected chi connectivity index (χ1v) is 7.61. The SMILES string of the molecule is O=C(Nc1ccc(OC(F)F)cc1)c1ccc(-c2ccccc2Cl)o1. The molecule has 0 saturated carbocycles. The number of halogens is 3. The number of benzene rings is 2. The standard InChI is InChI=1S/C18H12ClF2NO3/c19-14-4-2-1-3-13(14)15-9-10-16(25-15)17(23)22-11-5-7-12(8-6-11)24-18(20)21/h1-10,18H,(H,22,23). The van der Waals surface area contributed by atoms with Gasteiger partial charge in [-0.2, -0.15) is 8.78 Å². The molecule has 1 N–H and O–H groups in total. The van der Waals surface area contributed by atoms with Crippen molar-refractivity contribution in [1.29, 1.82) is 0 Å². The monoisotopic (exact) mass is 363 g/mol. The zero-order valence-electron chi connectivity index (χ0n) is 12.7. The molecule has 0 spiro atoms. The van der Waals surface area contributed by atoms with Crippen LogP contribution in [0.4, 0.5) is 14.5 Å². The summed E-state index contributed by atoms with van der Waals surface area (Å²) in [5, 5.41) is 3.12. The third kappa shape index (κ3) is 4.16. The van der Waals surface area contributed by atoms with E-state index in [9.17, 15) is 13.6 Å². The van der Waals surface area contributed by atoms with Crippen LogP contribution >= 0.6 is 11.6 Å². The Balaban J connectivity index is 1.71. The van der Waals surface area contributed by atoms with Crippen molar-refractivity contribution >= 4 is 23.2 Å². The maximum atomic E-state index is 12.2. The molecule has 0 saturated heterocycles. The van der Waals surface area contributed by atoms with Crippen molar-refractivity contribution in [2.45, 2.75) is 6.61 Å². The molecule has 0 aliphatic carbocycles. The molecular formula is C18H12ClF2NO3. The highest BCUT2D eigenvalue weighted by Gasteiger charge is 2.14. The largest absolute Gasteiger partial charge is 0.451 e. The summed E-state index contributed by atoms with van der Waals surface area (Å²) in [6.07, 6.45) is 0. The van der Waals surface area contributed by atoms with E-state index in [-0.39, 0.29) is 11.5 Å². The van der Waals surface area contributed by atoms with E-state index < -0.39 is 12.5 Å². The van der Waals surface area contributed by atoms with Crippen LogP contribution in [0.3, 0.4) is 0 Å². The highest BCUT2D eigenvalue weighted by molar-refractivity contribution is 6.33. The van der Waals surface area contributed by atoms with Gasteiger partial charge >= 0.3 is 6.61 Å². The van der Waals surface area contributed by atoms with Crippen LogP contribution in [0.25, 0.3) is 11.3 Å². The van der Waals surface area contributed by atoms with Crippen LogP contribution in [-0.4, -0.2) is 12.5 Å². The number of carbonyl (C=O) groups excluding carboxylic acids is 1. The smallest absolute Gasteiger partial charge is 0.387 e. The third-order valence-corrected chi connectivity index (χ3v) is 3.64. The van der Waals surface area contributed by atoms with E-state index in [2.05, 4.69) is 10.1 Å². The first kappa shape index (κ1) is 17.0. The second-order valence-corrected chi connectivity index (χ2v) is 5.41. The molecule has 1 heterocycles. The number of alkyl halides is 2. The fraction of sp³-hybridized carbons (Fsp3) is 0.0556. The Morgan fingerprint density at radius 1 is 1.04 bits per heavy atom. The number of anilines is 1. The Hall–Kier alpha value is -2.86. The van der Waals surface area contributed by atoms with E-state index in [0.717, 1.165) is 0 Å². The van der Waals surface area contributed by atoms with Gasteiger partial charge in [-0.05, 0) is 48.5 Å². The van der Waals surface area contributed by atoms with Crippen LogP contribution in [0.5, 0.6) is 5.75 Å². The molecule has 0 bridgehead atoms. The van der Waals surface area contributed by atoms with Crippen molar-refractivity contribution in [3.63, 3.8) is 0 Å². The lowest BCUT2D eigenvalue weighted by Gasteiger charge is -2.06. The summed E-state index contributed by atoms with van der Waals surface area (Å²) in [6.45, 7) is -2.90. The molecule has 0 unspecified atom stereocenters. The predicted octanol–water partition coefficient (Wildman–Crippen LogP) is 5.45. The molecule has 0 radical (unpaired) electrons. The van der Waals surface area contributed by atoms with E-state index in [4.69, 9.17) is 16.0 Å². The molecule has 1 aromatic heterocycles. The Bertz CT molecular complexity index is 878. The van der Waals surface area contributed by atoms with E-state index in [1.165, 1.54) is 30.3 Å². The fourth-order valence-corrected chi connectivity index (χ4v) is 2.41. The minimum absolute atomic E-state index is 0.00648. The Morgan fingerprint density at radius 2 is 1.76 bits per heavy atom. The summed E-state index contributed by atoms with van der Waals surface area (Å²) in [4.78, 5) is 12.2. The molecule has 4 nitrogen and oxygen atoms in total. The fourth-order valence-electron chi connectivity index (χ4n) is 2.18. The molecule has 0 atom stereocenters. The molecular weight excluding hydrogens is 352 g/mol. The number of amides is 1. The highest BCUT2D eigenvalue weighted by atomic mass is 35.5. The maximum absolute atomic E-state index is 12.2. The second kappa shape index (κ2) is 7.36. The lowest BCUT2D eigenvalue weighted by Crippen LogP contribution is -2.10. The van der Waals surface area contributed by atoms with Crippen molar-refractivity contribution < 1.29 is 22.7 Å². The summed E-state index contributed by atoms with van der Waals surface area (Å²) in [5.41, 5.74) is 1.10. The summed E-state index contributed by atoms with van der Waals surface area (Å²) in [5.74, 6) is 0.104. The number of hydrogen-bond donors (Lipinski definition) is 1. The van der Waals surface area contributed by atoms with Gasteiger partial charge in [-0.25, -0.2) is 0 Å². The molecule has 0 aliphatic rings. The van der Waals surface area contributed by atoms with Gasteiger partial charge in [0.15, 0.2) is 5.76 Å². The van der Waals surface area contributed by atoms with Crippen molar-refractivity contribution in [2.75, 3.05) is 5.32 Å². The van der Waals surface area contributed by atoms with Gasteiger partial charge in [0, 0.05) is 11.3 Å². The first-order valence-electron chi connectivity index (χ1n) is 7.24. The van der Waals surface area contributed by atoms with Gasteiger partial charge in [0.2, 0.25) is 0 Å². The van der Waals surface area contributed by atoms with Crippen molar-refractivity contribution in [3.8, 4) is 17.1 Å². The van der Waals surface area contributed by atoms with Crippen LogP contribution in [0, 0.1) is 0 Å². The van der Waals surface area contributed by atoms with Crippen molar-refractivity contribution in [2.24, 2.45) is 0 Å². The normalized spacial score (nSPS) is 10.7. The molecule has 7 heteroatoms. The Labute approximate surface area is 147 Å². The van der Waals surface area contributed by atoms with Gasteiger partial charge in [-0.3, -0.25) is 4.79 Å². The number of carbonyl (C=O) groups is 1. The van der Waals surface area contributed by atoms with Crippen LogP contribution in [0.2, 0.25) is 5.02 Å². The Kier molecular flexibility index (Phi) is 5.00. The average Bonchev–Trinajstić information content (AvgIpc) is 3.06. The van der Waals surface area contributed by atoms with Crippen molar-refractivity contribution in [1.82, 2.24) is 0 Å². The zero-order chi connectivity index (χ0) is 17.8. The molecule has 0 aliphatic heterocycles. The topological polar surface area (TPSA) is 51.5 Å². The van der Waals surface area contributed by atoms with E-state index in [1.54, 1.807) is 24.3 Å². The lowest BCUT2D eigenvalue weighted by atomic mass is 10.2. The van der Waals surface area contributed by atoms with Gasteiger partial charge in [-0.1, -0.05) is 23.7 Å². The van der Waals surface area contributed by atoms with E-state index in [1.807, 2.05) is 6.07 Å². The molecule has 3 aromatic rings. The summed E-state index contributed by atoms with van der Waals surface area (Å²) >= 11 is 6.10. The first-order chi connectivity index (χ1) is 12.0. The zero-order valence-corrected chi connectivity index (χ0v) is 13.5. The minimum atomic E-state index is -2.90. The van der Waals surface area contributed by atoms with Gasteiger partial charge in [0.25, 0.3) is 5.91 Å².